The maximum atomic E-state index is 10.8. The van der Waals surface area contributed by atoms with E-state index in [2.05, 4.69) is 20.8 Å². The molecule has 0 amide bonds. The molecular formula is C17H19N6O2S+. The first-order chi connectivity index (χ1) is 12.7. The zero-order valence-electron chi connectivity index (χ0n) is 14.1. The van der Waals surface area contributed by atoms with Crippen LogP contribution in [0.1, 0.15) is 12.0 Å². The third kappa shape index (κ3) is 4.87. The van der Waals surface area contributed by atoms with Crippen molar-refractivity contribution in [2.45, 2.75) is 18.1 Å². The largest absolute Gasteiger partial charge is 0.342 e. The summed E-state index contributed by atoms with van der Waals surface area (Å²) in [6.07, 6.45) is 0.987. The van der Waals surface area contributed by atoms with Crippen molar-refractivity contribution in [3.8, 4) is 5.69 Å². The van der Waals surface area contributed by atoms with Gasteiger partial charge in [-0.1, -0.05) is 42.1 Å². The highest BCUT2D eigenvalue weighted by Gasteiger charge is 2.09. The van der Waals surface area contributed by atoms with Crippen molar-refractivity contribution < 1.29 is 10.2 Å². The number of nitro benzene ring substituents is 1. The highest BCUT2D eigenvalue weighted by Crippen LogP contribution is 2.18. The molecule has 0 unspecified atom stereocenters. The standard InChI is InChI=1S/C17H18N6O2S/c24-23(25)16-9-4-6-14(12-16)13-18-10-5-11-26-17-19-20-21-22(17)15-7-2-1-3-8-15/h1-4,6-9,12,18H,5,10-11,13H2/p+1. The Morgan fingerprint density at radius 3 is 2.81 bits per heavy atom. The minimum absolute atomic E-state index is 0.138. The number of nitrogens with two attached hydrogens (primary N) is 1. The van der Waals surface area contributed by atoms with Crippen LogP contribution in [0, 0.1) is 10.1 Å². The van der Waals surface area contributed by atoms with E-state index in [4.69, 9.17) is 0 Å². The summed E-state index contributed by atoms with van der Waals surface area (Å²) in [5.74, 6) is 0.901. The SMILES string of the molecule is O=[N+]([O-])c1cccc(C[NH2+]CCCSc2nnnn2-c2ccccc2)c1. The number of non-ortho nitro benzene ring substituents is 1. The zero-order valence-corrected chi connectivity index (χ0v) is 14.9. The number of tetrazole rings is 1. The fourth-order valence-electron chi connectivity index (χ4n) is 2.46. The van der Waals surface area contributed by atoms with Crippen LogP contribution in [0.4, 0.5) is 5.69 Å². The molecule has 3 rings (SSSR count). The van der Waals surface area contributed by atoms with Gasteiger partial charge in [0.15, 0.2) is 0 Å². The lowest BCUT2D eigenvalue weighted by molar-refractivity contribution is -0.670. The van der Waals surface area contributed by atoms with E-state index in [9.17, 15) is 10.1 Å². The van der Waals surface area contributed by atoms with E-state index in [0.29, 0.717) is 0 Å². The number of nitrogens with zero attached hydrogens (tertiary/aromatic N) is 5. The van der Waals surface area contributed by atoms with Crippen molar-refractivity contribution in [1.82, 2.24) is 20.2 Å². The quantitative estimate of drug-likeness (QED) is 0.266. The predicted octanol–water partition coefficient (Wildman–Crippen LogP) is 1.82. The smallest absolute Gasteiger partial charge is 0.269 e. The summed E-state index contributed by atoms with van der Waals surface area (Å²) in [6.45, 7) is 1.66. The predicted molar refractivity (Wildman–Crippen MR) is 98.1 cm³/mol. The van der Waals surface area contributed by atoms with E-state index in [1.165, 1.54) is 6.07 Å². The van der Waals surface area contributed by atoms with E-state index in [-0.39, 0.29) is 10.6 Å². The number of thioether (sulfide) groups is 1. The van der Waals surface area contributed by atoms with E-state index in [0.717, 1.165) is 41.7 Å². The summed E-state index contributed by atoms with van der Waals surface area (Å²) < 4.78 is 1.73. The number of quaternary nitrogens is 1. The lowest BCUT2D eigenvalue weighted by Crippen LogP contribution is -2.82. The minimum atomic E-state index is -0.364. The number of nitro groups is 1. The average Bonchev–Trinajstić information content (AvgIpc) is 3.14. The van der Waals surface area contributed by atoms with Crippen molar-refractivity contribution in [3.05, 3.63) is 70.3 Å². The molecule has 0 bridgehead atoms. The van der Waals surface area contributed by atoms with Crippen molar-refractivity contribution in [2.24, 2.45) is 0 Å². The third-order valence-electron chi connectivity index (χ3n) is 3.73. The monoisotopic (exact) mass is 371 g/mol. The average molecular weight is 371 g/mol. The summed E-state index contributed by atoms with van der Waals surface area (Å²) in [4.78, 5) is 10.4. The van der Waals surface area contributed by atoms with Crippen molar-refractivity contribution >= 4 is 17.4 Å². The van der Waals surface area contributed by atoms with Crippen LogP contribution in [0.25, 0.3) is 5.69 Å². The molecule has 0 saturated carbocycles. The van der Waals surface area contributed by atoms with E-state index >= 15 is 0 Å². The molecule has 0 spiro atoms. The number of benzene rings is 2. The van der Waals surface area contributed by atoms with Gasteiger partial charge in [0.05, 0.1) is 17.2 Å². The van der Waals surface area contributed by atoms with Gasteiger partial charge in [-0.05, 0) is 22.6 Å². The normalized spacial score (nSPS) is 10.8. The Balaban J connectivity index is 1.41. The van der Waals surface area contributed by atoms with Gasteiger partial charge in [0.2, 0.25) is 5.16 Å². The summed E-state index contributed by atoms with van der Waals surface area (Å²) in [7, 11) is 0. The summed E-state index contributed by atoms with van der Waals surface area (Å²) in [5, 5.41) is 25.6. The molecule has 0 aliphatic rings. The second-order valence-corrected chi connectivity index (χ2v) is 6.68. The maximum Gasteiger partial charge on any atom is 0.269 e. The van der Waals surface area contributed by atoms with E-state index in [1.54, 1.807) is 28.6 Å². The van der Waals surface area contributed by atoms with Gasteiger partial charge >= 0.3 is 0 Å². The van der Waals surface area contributed by atoms with Crippen LogP contribution in [-0.4, -0.2) is 37.4 Å². The number of para-hydroxylation sites is 1. The molecule has 2 N–H and O–H groups in total. The molecular weight excluding hydrogens is 352 g/mol. The van der Waals surface area contributed by atoms with Gasteiger partial charge in [-0.2, -0.15) is 4.68 Å². The fourth-order valence-corrected chi connectivity index (χ4v) is 3.31. The molecule has 1 heterocycles. The number of hydrogen-bond acceptors (Lipinski definition) is 6. The van der Waals surface area contributed by atoms with Gasteiger partial charge in [0, 0.05) is 29.9 Å². The van der Waals surface area contributed by atoms with Crippen molar-refractivity contribution in [3.63, 3.8) is 0 Å². The van der Waals surface area contributed by atoms with E-state index < -0.39 is 0 Å². The third-order valence-corrected chi connectivity index (χ3v) is 4.73. The van der Waals surface area contributed by atoms with Gasteiger partial charge in [-0.3, -0.25) is 10.1 Å². The molecule has 0 atom stereocenters. The maximum absolute atomic E-state index is 10.8. The molecule has 3 aromatic rings. The number of aromatic nitrogens is 4. The first kappa shape index (κ1) is 18.0. The number of rotatable bonds is 9. The van der Waals surface area contributed by atoms with Gasteiger partial charge < -0.3 is 5.32 Å². The Labute approximate surface area is 154 Å². The summed E-state index contributed by atoms with van der Waals surface area (Å²) in [6, 6.07) is 16.6. The van der Waals surface area contributed by atoms with Crippen LogP contribution in [0.15, 0.2) is 59.8 Å². The van der Waals surface area contributed by atoms with Gasteiger partial charge in [-0.25, -0.2) is 0 Å². The fraction of sp³-hybridized carbons (Fsp3) is 0.235. The first-order valence-electron chi connectivity index (χ1n) is 8.25. The first-order valence-corrected chi connectivity index (χ1v) is 9.24. The Kier molecular flexibility index (Phi) is 6.29. The number of hydrogen-bond donors (Lipinski definition) is 1. The lowest BCUT2D eigenvalue weighted by atomic mass is 10.2. The molecule has 2 aromatic carbocycles. The molecule has 0 radical (unpaired) electrons. The molecule has 1 aromatic heterocycles. The van der Waals surface area contributed by atoms with Crippen LogP contribution in [-0.2, 0) is 6.54 Å². The van der Waals surface area contributed by atoms with Gasteiger partial charge in [-0.15, -0.1) is 5.10 Å². The summed E-state index contributed by atoms with van der Waals surface area (Å²) >= 11 is 1.62. The molecule has 0 aliphatic heterocycles. The molecule has 9 heteroatoms. The Hall–Kier alpha value is -2.78. The second-order valence-electron chi connectivity index (χ2n) is 5.62. The molecule has 0 saturated heterocycles. The van der Waals surface area contributed by atoms with E-state index in [1.807, 2.05) is 36.4 Å². The van der Waals surface area contributed by atoms with Crippen LogP contribution in [0.2, 0.25) is 0 Å². The molecule has 0 aliphatic carbocycles. The summed E-state index contributed by atoms with van der Waals surface area (Å²) in [5.41, 5.74) is 2.04. The van der Waals surface area contributed by atoms with Crippen molar-refractivity contribution in [1.29, 1.82) is 0 Å². The minimum Gasteiger partial charge on any atom is -0.342 e. The molecule has 8 nitrogen and oxygen atoms in total. The highest BCUT2D eigenvalue weighted by molar-refractivity contribution is 7.99. The second kappa shape index (κ2) is 9.07. The van der Waals surface area contributed by atoms with Crippen LogP contribution in [0.3, 0.4) is 0 Å². The molecule has 134 valence electrons. The molecule has 26 heavy (non-hydrogen) atoms. The van der Waals surface area contributed by atoms with Crippen LogP contribution >= 0.6 is 11.8 Å². The van der Waals surface area contributed by atoms with Crippen LogP contribution < -0.4 is 5.32 Å². The Bertz CT molecular complexity index is 855. The van der Waals surface area contributed by atoms with Gasteiger partial charge in [0.25, 0.3) is 5.69 Å². The topological polar surface area (TPSA) is 103 Å². The lowest BCUT2D eigenvalue weighted by Gasteiger charge is -2.04. The zero-order chi connectivity index (χ0) is 18.2. The van der Waals surface area contributed by atoms with Gasteiger partial charge in [0.1, 0.15) is 6.54 Å². The van der Waals surface area contributed by atoms with Crippen LogP contribution in [0.5, 0.6) is 0 Å². The molecule has 0 fully saturated rings. The Morgan fingerprint density at radius 2 is 2.00 bits per heavy atom. The Morgan fingerprint density at radius 1 is 1.15 bits per heavy atom. The highest BCUT2D eigenvalue weighted by atomic mass is 32.2. The van der Waals surface area contributed by atoms with Crippen molar-refractivity contribution in [2.75, 3.05) is 12.3 Å².